The minimum Gasteiger partial charge on any atom is -0.497 e. The highest BCUT2D eigenvalue weighted by atomic mass is 32.1. The van der Waals surface area contributed by atoms with E-state index in [0.29, 0.717) is 17.5 Å². The normalized spacial score (nSPS) is 14.8. The molecule has 2 aromatic carbocycles. The molecule has 0 bridgehead atoms. The van der Waals surface area contributed by atoms with E-state index in [-0.39, 0.29) is 5.82 Å². The average molecular weight is 400 g/mol. The van der Waals surface area contributed by atoms with Crippen LogP contribution in [0.4, 0.5) is 4.39 Å². The molecule has 0 radical (unpaired) electrons. The number of rotatable bonds is 7. The van der Waals surface area contributed by atoms with Crippen molar-refractivity contribution in [3.05, 3.63) is 64.7 Å². The maximum absolute atomic E-state index is 13.2. The Morgan fingerprint density at radius 3 is 2.43 bits per heavy atom. The van der Waals surface area contributed by atoms with Gasteiger partial charge in [0, 0.05) is 31.0 Å². The zero-order chi connectivity index (χ0) is 19.7. The molecule has 1 fully saturated rings. The van der Waals surface area contributed by atoms with E-state index in [9.17, 15) is 4.39 Å². The minimum atomic E-state index is -0.256. The van der Waals surface area contributed by atoms with Crippen LogP contribution in [0.3, 0.4) is 0 Å². The molecular weight excluding hydrogens is 375 g/mol. The van der Waals surface area contributed by atoms with Crippen molar-refractivity contribution >= 4 is 12.2 Å². The summed E-state index contributed by atoms with van der Waals surface area (Å²) in [7, 11) is 3.59. The maximum Gasteiger partial charge on any atom is 0.202 e. The number of aromatic nitrogens is 3. The third-order valence-electron chi connectivity index (χ3n) is 5.24. The lowest BCUT2D eigenvalue weighted by molar-refractivity contribution is -0.947. The van der Waals surface area contributed by atoms with E-state index in [1.54, 1.807) is 19.2 Å². The molecule has 3 aromatic rings. The summed E-state index contributed by atoms with van der Waals surface area (Å²) >= 11 is 5.62. The monoisotopic (exact) mass is 399 g/mol. The fourth-order valence-electron chi connectivity index (χ4n) is 3.46. The second kappa shape index (κ2) is 7.85. The van der Waals surface area contributed by atoms with Crippen LogP contribution in [0.25, 0.3) is 11.4 Å². The number of halogens is 1. The summed E-state index contributed by atoms with van der Waals surface area (Å²) in [5.41, 5.74) is 2.13. The van der Waals surface area contributed by atoms with Gasteiger partial charge in [0.25, 0.3) is 0 Å². The van der Waals surface area contributed by atoms with E-state index in [2.05, 4.69) is 12.1 Å². The standard InChI is InChI=1S/C21H23FN4OS/c1-24-20(16-5-7-17(22)8-6-16)23-26(21(24)28)14-25(18-9-10-18)13-15-3-11-19(27-2)12-4-15/h3-8,11-12,18H,9-10,13-14H2,1-2H3/p+1. The predicted octanol–water partition coefficient (Wildman–Crippen LogP) is 2.97. The summed E-state index contributed by atoms with van der Waals surface area (Å²) in [4.78, 5) is 1.45. The van der Waals surface area contributed by atoms with Crippen LogP contribution < -0.4 is 9.64 Å². The lowest BCUT2D eigenvalue weighted by Crippen LogP contribution is -3.11. The van der Waals surface area contributed by atoms with Crippen LogP contribution in [0.15, 0.2) is 48.5 Å². The topological polar surface area (TPSA) is 36.4 Å². The highest BCUT2D eigenvalue weighted by Crippen LogP contribution is 2.19. The molecule has 1 aromatic heterocycles. The van der Waals surface area contributed by atoms with Crippen LogP contribution in [0.5, 0.6) is 5.75 Å². The highest BCUT2D eigenvalue weighted by Gasteiger charge is 2.34. The number of methoxy groups -OCH3 is 1. The summed E-state index contributed by atoms with van der Waals surface area (Å²) in [6.07, 6.45) is 2.47. The lowest BCUT2D eigenvalue weighted by Gasteiger charge is -2.19. The Balaban J connectivity index is 1.56. The quantitative estimate of drug-likeness (QED) is 0.621. The molecule has 1 saturated carbocycles. The Hall–Kier alpha value is -2.51. The zero-order valence-electron chi connectivity index (χ0n) is 16.1. The van der Waals surface area contributed by atoms with Crippen molar-refractivity contribution in [2.24, 2.45) is 7.05 Å². The molecule has 1 heterocycles. The lowest BCUT2D eigenvalue weighted by atomic mass is 10.2. The molecule has 1 aliphatic carbocycles. The second-order valence-corrected chi connectivity index (χ2v) is 7.65. The van der Waals surface area contributed by atoms with Crippen molar-refractivity contribution < 1.29 is 14.0 Å². The van der Waals surface area contributed by atoms with Gasteiger partial charge in [-0.25, -0.2) is 4.39 Å². The third kappa shape index (κ3) is 4.00. The molecule has 0 spiro atoms. The van der Waals surface area contributed by atoms with Crippen LogP contribution in [-0.4, -0.2) is 27.5 Å². The largest absolute Gasteiger partial charge is 0.497 e. The van der Waals surface area contributed by atoms with Crippen LogP contribution in [0, 0.1) is 10.6 Å². The van der Waals surface area contributed by atoms with Gasteiger partial charge in [-0.15, -0.1) is 5.10 Å². The van der Waals surface area contributed by atoms with E-state index < -0.39 is 0 Å². The number of quaternary nitrogens is 1. The van der Waals surface area contributed by atoms with Gasteiger partial charge >= 0.3 is 0 Å². The molecule has 28 heavy (non-hydrogen) atoms. The Morgan fingerprint density at radius 2 is 1.82 bits per heavy atom. The van der Waals surface area contributed by atoms with Gasteiger partial charge in [-0.3, -0.25) is 0 Å². The van der Waals surface area contributed by atoms with E-state index in [1.165, 1.54) is 35.4 Å². The number of benzene rings is 2. The van der Waals surface area contributed by atoms with Gasteiger partial charge in [0.1, 0.15) is 18.1 Å². The molecule has 7 heteroatoms. The fraction of sp³-hybridized carbons (Fsp3) is 0.333. The van der Waals surface area contributed by atoms with Crippen LogP contribution in [0.1, 0.15) is 18.4 Å². The number of nitrogens with one attached hydrogen (secondary N) is 1. The molecule has 5 nitrogen and oxygen atoms in total. The Bertz CT molecular complexity index is 1010. The second-order valence-electron chi connectivity index (χ2n) is 7.29. The first-order valence-electron chi connectivity index (χ1n) is 9.42. The van der Waals surface area contributed by atoms with Crippen molar-refractivity contribution in [3.8, 4) is 17.1 Å². The van der Waals surface area contributed by atoms with Crippen LogP contribution in [-0.2, 0) is 20.3 Å². The SMILES string of the molecule is COc1ccc(C[NH+](Cn2nc(-c3ccc(F)cc3)n(C)c2=S)C2CC2)cc1. The molecule has 1 N–H and O–H groups in total. The van der Waals surface area contributed by atoms with Gasteiger partial charge in [0.05, 0.1) is 13.2 Å². The highest BCUT2D eigenvalue weighted by molar-refractivity contribution is 7.71. The van der Waals surface area contributed by atoms with Crippen molar-refractivity contribution in [3.63, 3.8) is 0 Å². The molecule has 0 aliphatic heterocycles. The smallest absolute Gasteiger partial charge is 0.202 e. The van der Waals surface area contributed by atoms with Crippen molar-refractivity contribution in [1.29, 1.82) is 0 Å². The molecule has 4 rings (SSSR count). The molecule has 0 saturated heterocycles. The molecule has 1 aliphatic rings. The third-order valence-corrected chi connectivity index (χ3v) is 5.73. The maximum atomic E-state index is 13.2. The van der Waals surface area contributed by atoms with Gasteiger partial charge in [0.2, 0.25) is 4.77 Å². The van der Waals surface area contributed by atoms with Gasteiger partial charge < -0.3 is 14.2 Å². The first-order valence-corrected chi connectivity index (χ1v) is 9.83. The van der Waals surface area contributed by atoms with Gasteiger partial charge in [-0.1, -0.05) is 0 Å². The molecule has 146 valence electrons. The Kier molecular flexibility index (Phi) is 5.28. The van der Waals surface area contributed by atoms with Gasteiger partial charge in [0.15, 0.2) is 12.5 Å². The zero-order valence-corrected chi connectivity index (χ0v) is 16.9. The number of ether oxygens (including phenoxy) is 1. The number of hydrogen-bond donors (Lipinski definition) is 1. The molecule has 1 atom stereocenters. The van der Waals surface area contributed by atoms with Crippen molar-refractivity contribution in [1.82, 2.24) is 14.3 Å². The summed E-state index contributed by atoms with van der Waals surface area (Å²) in [5, 5.41) is 4.74. The summed E-state index contributed by atoms with van der Waals surface area (Å²) in [5.74, 6) is 1.37. The molecule has 0 amide bonds. The summed E-state index contributed by atoms with van der Waals surface area (Å²) in [6, 6.07) is 15.2. The summed E-state index contributed by atoms with van der Waals surface area (Å²) in [6.45, 7) is 1.63. The molecule has 1 unspecified atom stereocenters. The van der Waals surface area contributed by atoms with Gasteiger partial charge in [-0.05, 0) is 60.7 Å². The first-order chi connectivity index (χ1) is 13.5. The average Bonchev–Trinajstić information content (AvgIpc) is 3.52. The van der Waals surface area contributed by atoms with Crippen molar-refractivity contribution in [2.75, 3.05) is 7.11 Å². The van der Waals surface area contributed by atoms with Crippen LogP contribution >= 0.6 is 12.2 Å². The van der Waals surface area contributed by atoms with E-state index in [4.69, 9.17) is 22.1 Å². The van der Waals surface area contributed by atoms with Crippen molar-refractivity contribution in [2.45, 2.75) is 32.1 Å². The minimum absolute atomic E-state index is 0.256. The van der Waals surface area contributed by atoms with E-state index in [0.717, 1.165) is 23.7 Å². The summed E-state index contributed by atoms with van der Waals surface area (Å²) < 4.78 is 23.0. The Labute approximate surface area is 169 Å². The van der Waals surface area contributed by atoms with E-state index >= 15 is 0 Å². The predicted molar refractivity (Wildman–Crippen MR) is 108 cm³/mol. The van der Waals surface area contributed by atoms with Gasteiger partial charge in [-0.2, -0.15) is 4.68 Å². The fourth-order valence-corrected chi connectivity index (χ4v) is 3.65. The van der Waals surface area contributed by atoms with Crippen LogP contribution in [0.2, 0.25) is 0 Å². The number of hydrogen-bond acceptors (Lipinski definition) is 3. The number of nitrogens with zero attached hydrogens (tertiary/aromatic N) is 3. The first kappa shape index (κ1) is 18.8. The van der Waals surface area contributed by atoms with E-state index in [1.807, 2.05) is 28.4 Å². The Morgan fingerprint density at radius 1 is 1.14 bits per heavy atom. The molecular formula is C21H24FN4OS+.